The minimum atomic E-state index is 0.694. The monoisotopic (exact) mass is 245 g/mol. The van der Waals surface area contributed by atoms with Gasteiger partial charge in [-0.1, -0.05) is 25.2 Å². The van der Waals surface area contributed by atoms with E-state index in [0.717, 1.165) is 29.9 Å². The second kappa shape index (κ2) is 5.19. The van der Waals surface area contributed by atoms with Gasteiger partial charge in [-0.25, -0.2) is 4.98 Å². The molecule has 0 unspecified atom stereocenters. The predicted molar refractivity (Wildman–Crippen MR) is 70.6 cm³/mol. The zero-order chi connectivity index (χ0) is 12.3. The topological polar surface area (TPSA) is 41.6 Å². The fourth-order valence-corrected chi connectivity index (χ4v) is 1.92. The van der Waals surface area contributed by atoms with Crippen molar-refractivity contribution in [3.63, 3.8) is 0 Å². The summed E-state index contributed by atoms with van der Waals surface area (Å²) in [5.74, 6) is 0.944. The lowest BCUT2D eigenvalue weighted by Crippen LogP contribution is -2.03. The Morgan fingerprint density at radius 3 is 2.88 bits per heavy atom. The van der Waals surface area contributed by atoms with Crippen LogP contribution in [0.25, 0.3) is 0 Å². The first-order valence-corrected chi connectivity index (χ1v) is 6.09. The number of aromatic amines is 1. The molecule has 0 amide bonds. The van der Waals surface area contributed by atoms with E-state index in [1.54, 1.807) is 6.20 Å². The van der Waals surface area contributed by atoms with Gasteiger partial charge in [0.25, 0.3) is 0 Å². The summed E-state index contributed by atoms with van der Waals surface area (Å²) in [7, 11) is 0. The third kappa shape index (κ3) is 2.77. The van der Waals surface area contributed by atoms with Gasteiger partial charge in [-0.15, -0.1) is 0 Å². The highest BCUT2D eigenvalue weighted by molar-refractivity contribution is 7.71. The maximum atomic E-state index is 5.26. The molecule has 0 bridgehead atoms. The van der Waals surface area contributed by atoms with E-state index < -0.39 is 0 Å². The molecule has 2 aromatic rings. The van der Waals surface area contributed by atoms with E-state index in [1.165, 1.54) is 5.56 Å². The highest BCUT2D eigenvalue weighted by Crippen LogP contribution is 2.12. The van der Waals surface area contributed by atoms with Crippen molar-refractivity contribution in [1.29, 1.82) is 0 Å². The van der Waals surface area contributed by atoms with Gasteiger partial charge in [0.2, 0.25) is 0 Å². The summed E-state index contributed by atoms with van der Waals surface area (Å²) in [5.41, 5.74) is 3.37. The van der Waals surface area contributed by atoms with E-state index in [9.17, 15) is 0 Å². The van der Waals surface area contributed by atoms with Gasteiger partial charge in [0.15, 0.2) is 0 Å². The van der Waals surface area contributed by atoms with Crippen LogP contribution in [0.1, 0.15) is 29.6 Å². The third-order valence-electron chi connectivity index (χ3n) is 2.74. The van der Waals surface area contributed by atoms with Crippen molar-refractivity contribution >= 4 is 12.2 Å². The second-order valence-corrected chi connectivity index (χ2v) is 4.37. The van der Waals surface area contributed by atoms with E-state index in [4.69, 9.17) is 12.2 Å². The van der Waals surface area contributed by atoms with Gasteiger partial charge in [-0.2, -0.15) is 0 Å². The van der Waals surface area contributed by atoms with Gasteiger partial charge < -0.3 is 4.98 Å². The summed E-state index contributed by atoms with van der Waals surface area (Å²) in [4.78, 5) is 11.8. The van der Waals surface area contributed by atoms with Crippen molar-refractivity contribution in [1.82, 2.24) is 15.0 Å². The smallest absolute Gasteiger partial charge is 0.132 e. The molecule has 4 heteroatoms. The predicted octanol–water partition coefficient (Wildman–Crippen LogP) is 3.00. The Bertz CT molecular complexity index is 561. The van der Waals surface area contributed by atoms with Crippen LogP contribution in [0.3, 0.4) is 0 Å². The molecule has 1 N–H and O–H groups in total. The van der Waals surface area contributed by atoms with Gasteiger partial charge in [0.05, 0.1) is 0 Å². The average molecular weight is 245 g/mol. The zero-order valence-electron chi connectivity index (χ0n) is 10.0. The van der Waals surface area contributed by atoms with Crippen LogP contribution in [0.5, 0.6) is 0 Å². The highest BCUT2D eigenvalue weighted by Gasteiger charge is 2.05. The van der Waals surface area contributed by atoms with Crippen LogP contribution < -0.4 is 0 Å². The van der Waals surface area contributed by atoms with Crippen LogP contribution in [0.4, 0.5) is 0 Å². The molecule has 0 aliphatic rings. The summed E-state index contributed by atoms with van der Waals surface area (Å²) in [6, 6.07) is 4.01. The molecule has 0 atom stereocenters. The summed E-state index contributed by atoms with van der Waals surface area (Å²) in [5, 5.41) is 0. The maximum absolute atomic E-state index is 5.26. The molecule has 2 heterocycles. The number of nitrogens with zero attached hydrogens (tertiary/aromatic N) is 2. The third-order valence-corrected chi connectivity index (χ3v) is 3.14. The fraction of sp³-hybridized carbons (Fsp3) is 0.308. The van der Waals surface area contributed by atoms with E-state index >= 15 is 0 Å². The first kappa shape index (κ1) is 11.9. The normalized spacial score (nSPS) is 10.5. The average Bonchev–Trinajstić information content (AvgIpc) is 2.36. The minimum Gasteiger partial charge on any atom is -0.347 e. The molecule has 3 nitrogen and oxygen atoms in total. The van der Waals surface area contributed by atoms with Crippen LogP contribution in [0.15, 0.2) is 24.5 Å². The van der Waals surface area contributed by atoms with Crippen molar-refractivity contribution < 1.29 is 0 Å². The number of hydrogen-bond donors (Lipinski definition) is 1. The molecule has 0 radical (unpaired) electrons. The molecule has 2 rings (SSSR count). The number of pyridine rings is 1. The number of nitrogens with one attached hydrogen (secondary N) is 1. The summed E-state index contributed by atoms with van der Waals surface area (Å²) >= 11 is 5.26. The van der Waals surface area contributed by atoms with E-state index in [0.29, 0.717) is 4.64 Å². The number of H-pyrrole nitrogens is 1. The molecule has 88 valence electrons. The fourth-order valence-electron chi connectivity index (χ4n) is 1.68. The van der Waals surface area contributed by atoms with E-state index in [-0.39, 0.29) is 0 Å². The molecule has 0 spiro atoms. The van der Waals surface area contributed by atoms with Crippen LogP contribution in [-0.2, 0) is 12.8 Å². The SMILES string of the molecule is CCc1nc(=S)c(C)c(Cc2cccnc2)[nH]1. The highest BCUT2D eigenvalue weighted by atomic mass is 32.1. The van der Waals surface area contributed by atoms with Crippen molar-refractivity contribution in [2.75, 3.05) is 0 Å². The summed E-state index contributed by atoms with van der Waals surface area (Å²) in [6.07, 6.45) is 5.34. The lowest BCUT2D eigenvalue weighted by Gasteiger charge is -2.08. The van der Waals surface area contributed by atoms with Crippen molar-refractivity contribution in [2.45, 2.75) is 26.7 Å². The number of aromatic nitrogens is 3. The standard InChI is InChI=1S/C13H15N3S/c1-3-12-15-11(9(2)13(17)16-12)7-10-5-4-6-14-8-10/h4-6,8H,3,7H2,1-2H3,(H,15,16,17). The van der Waals surface area contributed by atoms with E-state index in [2.05, 4.69) is 27.9 Å². The molecule has 2 aromatic heterocycles. The van der Waals surface area contributed by atoms with Crippen LogP contribution in [0, 0.1) is 11.6 Å². The van der Waals surface area contributed by atoms with Crippen LogP contribution in [-0.4, -0.2) is 15.0 Å². The Morgan fingerprint density at radius 1 is 1.41 bits per heavy atom. The molecule has 17 heavy (non-hydrogen) atoms. The molecule has 0 aliphatic heterocycles. The molecular weight excluding hydrogens is 230 g/mol. The number of rotatable bonds is 3. The molecule has 0 saturated carbocycles. The Morgan fingerprint density at radius 2 is 2.24 bits per heavy atom. The second-order valence-electron chi connectivity index (χ2n) is 3.98. The Kier molecular flexibility index (Phi) is 3.64. The Hall–Kier alpha value is -1.55. The summed E-state index contributed by atoms with van der Waals surface area (Å²) < 4.78 is 0.694. The maximum Gasteiger partial charge on any atom is 0.132 e. The van der Waals surface area contributed by atoms with Crippen LogP contribution in [0.2, 0.25) is 0 Å². The quantitative estimate of drug-likeness (QED) is 0.845. The van der Waals surface area contributed by atoms with Crippen molar-refractivity contribution in [3.8, 4) is 0 Å². The van der Waals surface area contributed by atoms with Gasteiger partial charge in [0.1, 0.15) is 10.5 Å². The van der Waals surface area contributed by atoms with Crippen LogP contribution >= 0.6 is 12.2 Å². The lowest BCUT2D eigenvalue weighted by atomic mass is 10.1. The van der Waals surface area contributed by atoms with Gasteiger partial charge >= 0.3 is 0 Å². The molecule has 0 fully saturated rings. The molecule has 0 saturated heterocycles. The van der Waals surface area contributed by atoms with Gasteiger partial charge in [-0.3, -0.25) is 4.98 Å². The Balaban J connectivity index is 2.39. The van der Waals surface area contributed by atoms with E-state index in [1.807, 2.05) is 19.2 Å². The number of hydrogen-bond acceptors (Lipinski definition) is 3. The Labute approximate surface area is 106 Å². The summed E-state index contributed by atoms with van der Waals surface area (Å²) in [6.45, 7) is 4.08. The van der Waals surface area contributed by atoms with Gasteiger partial charge in [-0.05, 0) is 18.6 Å². The zero-order valence-corrected chi connectivity index (χ0v) is 10.8. The van der Waals surface area contributed by atoms with Crippen molar-refractivity contribution in [3.05, 3.63) is 51.8 Å². The van der Waals surface area contributed by atoms with Gasteiger partial charge in [0, 0.05) is 36.5 Å². The minimum absolute atomic E-state index is 0.694. The molecule has 0 aliphatic carbocycles. The first-order chi connectivity index (χ1) is 8.20. The lowest BCUT2D eigenvalue weighted by molar-refractivity contribution is 0.874. The molecular formula is C13H15N3S. The first-order valence-electron chi connectivity index (χ1n) is 5.68. The molecule has 0 aromatic carbocycles. The largest absolute Gasteiger partial charge is 0.347 e. The number of aryl methyl sites for hydroxylation is 1. The van der Waals surface area contributed by atoms with Crippen molar-refractivity contribution in [2.24, 2.45) is 0 Å².